The molecule has 4 N–H and O–H groups in total. The van der Waals surface area contributed by atoms with Crippen molar-refractivity contribution in [1.82, 2.24) is 5.32 Å². The molecule has 0 heterocycles. The number of thioether (sulfide) groups is 1. The Labute approximate surface area is 152 Å². The first-order chi connectivity index (χ1) is 11.8. The summed E-state index contributed by atoms with van der Waals surface area (Å²) in [6.07, 6.45) is 1.25. The number of esters is 1. The molecule has 0 saturated carbocycles. The topological polar surface area (TPSA) is 111 Å². The molecular formula is C17H25N3O4S. The van der Waals surface area contributed by atoms with Gasteiger partial charge in [0, 0.05) is 5.69 Å². The number of aryl methyl sites for hydroxylation is 2. The molecule has 25 heavy (non-hydrogen) atoms. The molecule has 1 rings (SSSR count). The second-order valence-electron chi connectivity index (χ2n) is 5.68. The van der Waals surface area contributed by atoms with Gasteiger partial charge >= 0.3 is 12.0 Å². The predicted molar refractivity (Wildman–Crippen MR) is 99.6 cm³/mol. The molecule has 0 spiro atoms. The second kappa shape index (κ2) is 9.93. The fraction of sp³-hybridized carbons (Fsp3) is 0.471. The van der Waals surface area contributed by atoms with Gasteiger partial charge in [0.05, 0.1) is 0 Å². The van der Waals surface area contributed by atoms with Gasteiger partial charge in [-0.2, -0.15) is 11.8 Å². The number of amides is 3. The number of urea groups is 1. The quantitative estimate of drug-likeness (QED) is 0.608. The highest BCUT2D eigenvalue weighted by molar-refractivity contribution is 7.98. The SMILES string of the molecule is CSCC[C@@H](NC(N)=O)C(=O)O[C@@H](C)C(=O)Nc1c(C)cccc1C. The van der Waals surface area contributed by atoms with E-state index < -0.39 is 30.1 Å². The van der Waals surface area contributed by atoms with Gasteiger partial charge < -0.3 is 21.1 Å². The summed E-state index contributed by atoms with van der Waals surface area (Å²) in [4.78, 5) is 35.5. The van der Waals surface area contributed by atoms with E-state index in [-0.39, 0.29) is 0 Å². The lowest BCUT2D eigenvalue weighted by Gasteiger charge is -2.20. The first kappa shape index (κ1) is 20.8. The smallest absolute Gasteiger partial charge is 0.329 e. The minimum absolute atomic E-state index is 0.369. The highest BCUT2D eigenvalue weighted by atomic mass is 32.2. The number of anilines is 1. The van der Waals surface area contributed by atoms with Crippen molar-refractivity contribution >= 4 is 35.4 Å². The molecule has 3 amide bonds. The van der Waals surface area contributed by atoms with Crippen LogP contribution in [0.4, 0.5) is 10.5 Å². The van der Waals surface area contributed by atoms with Crippen LogP contribution in [-0.2, 0) is 14.3 Å². The van der Waals surface area contributed by atoms with E-state index >= 15 is 0 Å². The fourth-order valence-electron chi connectivity index (χ4n) is 2.20. The number of rotatable bonds is 8. The number of hydrogen-bond donors (Lipinski definition) is 3. The summed E-state index contributed by atoms with van der Waals surface area (Å²) in [5, 5.41) is 5.12. The summed E-state index contributed by atoms with van der Waals surface area (Å²) in [6, 6.07) is 3.98. The van der Waals surface area contributed by atoms with Gasteiger partial charge in [-0.1, -0.05) is 18.2 Å². The van der Waals surface area contributed by atoms with E-state index in [1.165, 1.54) is 18.7 Å². The van der Waals surface area contributed by atoms with E-state index in [1.807, 2.05) is 38.3 Å². The molecule has 7 nitrogen and oxygen atoms in total. The molecule has 8 heteroatoms. The summed E-state index contributed by atoms with van der Waals surface area (Å²) in [7, 11) is 0. The highest BCUT2D eigenvalue weighted by Gasteiger charge is 2.26. The minimum atomic E-state index is -1.00. The van der Waals surface area contributed by atoms with Crippen LogP contribution in [0, 0.1) is 13.8 Å². The van der Waals surface area contributed by atoms with Crippen LogP contribution in [0.3, 0.4) is 0 Å². The van der Waals surface area contributed by atoms with Gasteiger partial charge in [-0.25, -0.2) is 9.59 Å². The molecule has 0 bridgehead atoms. The number of nitrogens with two attached hydrogens (primary N) is 1. The Balaban J connectivity index is 2.71. The van der Waals surface area contributed by atoms with Crippen LogP contribution >= 0.6 is 11.8 Å². The zero-order valence-electron chi connectivity index (χ0n) is 14.9. The number of ether oxygens (including phenoxy) is 1. The van der Waals surface area contributed by atoms with E-state index in [9.17, 15) is 14.4 Å². The second-order valence-corrected chi connectivity index (χ2v) is 6.66. The van der Waals surface area contributed by atoms with Gasteiger partial charge in [-0.3, -0.25) is 4.79 Å². The molecule has 0 aliphatic heterocycles. The molecule has 1 aromatic carbocycles. The molecule has 0 fully saturated rings. The molecule has 138 valence electrons. The first-order valence-electron chi connectivity index (χ1n) is 7.88. The Bertz CT molecular complexity index is 616. The highest BCUT2D eigenvalue weighted by Crippen LogP contribution is 2.19. The van der Waals surface area contributed by atoms with E-state index in [0.717, 1.165) is 11.1 Å². The van der Waals surface area contributed by atoms with Crippen molar-refractivity contribution in [3.8, 4) is 0 Å². The molecule has 0 unspecified atom stereocenters. The number of benzene rings is 1. The van der Waals surface area contributed by atoms with Crippen molar-refractivity contribution in [3.05, 3.63) is 29.3 Å². The van der Waals surface area contributed by atoms with Crippen LogP contribution in [0.25, 0.3) is 0 Å². The van der Waals surface area contributed by atoms with Gasteiger partial charge in [-0.05, 0) is 50.3 Å². The number of hydrogen-bond acceptors (Lipinski definition) is 5. The monoisotopic (exact) mass is 367 g/mol. The van der Waals surface area contributed by atoms with E-state index in [1.54, 1.807) is 0 Å². The Morgan fingerprint density at radius 3 is 2.36 bits per heavy atom. The number of para-hydroxylation sites is 1. The molecule has 0 saturated heterocycles. The standard InChI is InChI=1S/C17H25N3O4S/c1-10-6-5-7-11(2)14(10)20-15(21)12(3)24-16(22)13(8-9-25-4)19-17(18)23/h5-7,12-13H,8-9H2,1-4H3,(H,20,21)(H3,18,19,23)/t12-,13+/m0/s1. The number of primary amides is 1. The van der Waals surface area contributed by atoms with Gasteiger partial charge in [0.15, 0.2) is 6.10 Å². The maximum Gasteiger partial charge on any atom is 0.329 e. The molecule has 2 atom stereocenters. The van der Waals surface area contributed by atoms with Crippen LogP contribution < -0.4 is 16.4 Å². The number of nitrogens with one attached hydrogen (secondary N) is 2. The van der Waals surface area contributed by atoms with E-state index in [4.69, 9.17) is 10.5 Å². The van der Waals surface area contributed by atoms with E-state index in [0.29, 0.717) is 17.9 Å². The molecule has 0 radical (unpaired) electrons. The van der Waals surface area contributed by atoms with Crippen molar-refractivity contribution in [2.24, 2.45) is 5.73 Å². The van der Waals surface area contributed by atoms with E-state index in [2.05, 4.69) is 10.6 Å². The molecular weight excluding hydrogens is 342 g/mol. The van der Waals surface area contributed by atoms with Crippen molar-refractivity contribution in [1.29, 1.82) is 0 Å². The van der Waals surface area contributed by atoms with Crippen LogP contribution in [0.1, 0.15) is 24.5 Å². The minimum Gasteiger partial charge on any atom is -0.451 e. The van der Waals surface area contributed by atoms with Crippen LogP contribution in [0.5, 0.6) is 0 Å². The Kier molecular flexibility index (Phi) is 8.27. The zero-order chi connectivity index (χ0) is 19.0. The van der Waals surface area contributed by atoms with Gasteiger partial charge in [0.1, 0.15) is 6.04 Å². The third kappa shape index (κ3) is 6.66. The molecule has 0 aromatic heterocycles. The normalized spacial score (nSPS) is 12.8. The fourth-order valence-corrected chi connectivity index (χ4v) is 2.67. The van der Waals surface area contributed by atoms with Crippen LogP contribution in [0.15, 0.2) is 18.2 Å². The third-order valence-electron chi connectivity index (χ3n) is 3.60. The lowest BCUT2D eigenvalue weighted by atomic mass is 10.1. The summed E-state index contributed by atoms with van der Waals surface area (Å²) in [5.41, 5.74) is 7.62. The number of carbonyl (C=O) groups is 3. The molecule has 1 aromatic rings. The Morgan fingerprint density at radius 2 is 1.84 bits per heavy atom. The Morgan fingerprint density at radius 1 is 1.24 bits per heavy atom. The van der Waals surface area contributed by atoms with Gasteiger partial charge in [0.25, 0.3) is 5.91 Å². The lowest BCUT2D eigenvalue weighted by Crippen LogP contribution is -2.46. The maximum absolute atomic E-state index is 12.3. The summed E-state index contributed by atoms with van der Waals surface area (Å²) in [6.45, 7) is 5.25. The lowest BCUT2D eigenvalue weighted by molar-refractivity contribution is -0.155. The Hall–Kier alpha value is -2.22. The largest absolute Gasteiger partial charge is 0.451 e. The summed E-state index contributed by atoms with van der Waals surface area (Å²) >= 11 is 1.53. The van der Waals surface area contributed by atoms with Crippen molar-refractivity contribution in [2.45, 2.75) is 39.3 Å². The number of carbonyl (C=O) groups excluding carboxylic acids is 3. The summed E-state index contributed by atoms with van der Waals surface area (Å²) < 4.78 is 5.19. The molecule has 0 aliphatic rings. The van der Waals surface area contributed by atoms with Crippen molar-refractivity contribution in [2.75, 3.05) is 17.3 Å². The maximum atomic E-state index is 12.3. The predicted octanol–water partition coefficient (Wildman–Crippen LogP) is 1.96. The van der Waals surface area contributed by atoms with Crippen molar-refractivity contribution < 1.29 is 19.1 Å². The average Bonchev–Trinajstić information content (AvgIpc) is 2.54. The first-order valence-corrected chi connectivity index (χ1v) is 9.28. The third-order valence-corrected chi connectivity index (χ3v) is 4.25. The van der Waals surface area contributed by atoms with Crippen molar-refractivity contribution in [3.63, 3.8) is 0 Å². The van der Waals surface area contributed by atoms with Crippen LogP contribution in [-0.4, -0.2) is 42.1 Å². The average molecular weight is 367 g/mol. The summed E-state index contributed by atoms with van der Waals surface area (Å²) in [5.74, 6) is -0.478. The zero-order valence-corrected chi connectivity index (χ0v) is 15.7. The van der Waals surface area contributed by atoms with Gasteiger partial charge in [0.2, 0.25) is 0 Å². The van der Waals surface area contributed by atoms with Gasteiger partial charge in [-0.15, -0.1) is 0 Å². The molecule has 0 aliphatic carbocycles. The van der Waals surface area contributed by atoms with Crippen LogP contribution in [0.2, 0.25) is 0 Å².